The van der Waals surface area contributed by atoms with Crippen molar-refractivity contribution in [3.63, 3.8) is 0 Å². The highest BCUT2D eigenvalue weighted by atomic mass is 35.5. The first-order valence-corrected chi connectivity index (χ1v) is 7.83. The lowest BCUT2D eigenvalue weighted by Crippen LogP contribution is -2.49. The van der Waals surface area contributed by atoms with E-state index in [0.717, 1.165) is 58.1 Å². The number of hydrogen-bond donors (Lipinski definition) is 1. The molecule has 2 aliphatic heterocycles. The van der Waals surface area contributed by atoms with Crippen molar-refractivity contribution in [3.05, 3.63) is 18.5 Å². The molecule has 2 aliphatic rings. The molecule has 0 unspecified atom stereocenters. The Hall–Kier alpha value is -1.11. The van der Waals surface area contributed by atoms with Crippen molar-refractivity contribution in [2.45, 2.75) is 19.3 Å². The number of amides is 1. The molecule has 1 aromatic rings. The van der Waals surface area contributed by atoms with Gasteiger partial charge in [-0.05, 0) is 37.9 Å². The van der Waals surface area contributed by atoms with Crippen LogP contribution in [0, 0.1) is 5.92 Å². The molecule has 6 nitrogen and oxygen atoms in total. The number of nitrogens with zero attached hydrogens (tertiary/aromatic N) is 4. The van der Waals surface area contributed by atoms with E-state index in [9.17, 15) is 4.79 Å². The normalized spacial score (nSPS) is 18.8. The number of aromatic nitrogens is 2. The minimum absolute atomic E-state index is 0. The third-order valence-corrected chi connectivity index (χ3v) is 4.39. The maximum absolute atomic E-state index is 12.4. The highest BCUT2D eigenvalue weighted by Crippen LogP contribution is 2.18. The second-order valence-electron chi connectivity index (χ2n) is 5.81. The molecule has 0 aliphatic carbocycles. The van der Waals surface area contributed by atoms with E-state index in [4.69, 9.17) is 0 Å². The smallest absolute Gasteiger partial charge is 0.225 e. The zero-order valence-corrected chi connectivity index (χ0v) is 14.8. The molecule has 1 aromatic heterocycles. The highest BCUT2D eigenvalue weighted by molar-refractivity contribution is 5.85. The summed E-state index contributed by atoms with van der Waals surface area (Å²) < 4.78 is 0. The zero-order valence-electron chi connectivity index (χ0n) is 13.2. The Kier molecular flexibility index (Phi) is 8.58. The van der Waals surface area contributed by atoms with Crippen LogP contribution in [0.4, 0.5) is 5.95 Å². The average molecular weight is 362 g/mol. The monoisotopic (exact) mass is 361 g/mol. The fourth-order valence-electron chi connectivity index (χ4n) is 3.07. The molecule has 3 heterocycles. The second kappa shape index (κ2) is 9.90. The lowest BCUT2D eigenvalue weighted by Gasteiger charge is -2.35. The van der Waals surface area contributed by atoms with Gasteiger partial charge >= 0.3 is 0 Å². The third-order valence-electron chi connectivity index (χ3n) is 4.39. The molecule has 0 atom stereocenters. The first-order valence-electron chi connectivity index (χ1n) is 7.83. The molecular weight excluding hydrogens is 337 g/mol. The van der Waals surface area contributed by atoms with Gasteiger partial charge in [-0.1, -0.05) is 0 Å². The zero-order chi connectivity index (χ0) is 14.5. The third kappa shape index (κ3) is 5.48. The summed E-state index contributed by atoms with van der Waals surface area (Å²) in [5, 5.41) is 3.35. The molecule has 0 bridgehead atoms. The quantitative estimate of drug-likeness (QED) is 0.880. The van der Waals surface area contributed by atoms with Gasteiger partial charge in [-0.3, -0.25) is 4.79 Å². The Bertz CT molecular complexity index is 462. The topological polar surface area (TPSA) is 61.4 Å². The Morgan fingerprint density at radius 2 is 1.70 bits per heavy atom. The number of nitrogens with one attached hydrogen (secondary N) is 1. The molecule has 0 spiro atoms. The van der Waals surface area contributed by atoms with Crippen molar-refractivity contribution in [2.24, 2.45) is 5.92 Å². The molecule has 23 heavy (non-hydrogen) atoms. The van der Waals surface area contributed by atoms with Crippen LogP contribution in [0.15, 0.2) is 18.5 Å². The maximum atomic E-state index is 12.4. The summed E-state index contributed by atoms with van der Waals surface area (Å²) in [5.41, 5.74) is 0. The molecule has 130 valence electrons. The van der Waals surface area contributed by atoms with Crippen LogP contribution in [0.3, 0.4) is 0 Å². The van der Waals surface area contributed by atoms with Crippen LogP contribution in [0.5, 0.6) is 0 Å². The molecule has 0 saturated carbocycles. The Morgan fingerprint density at radius 1 is 1.09 bits per heavy atom. The molecule has 1 N–H and O–H groups in total. The van der Waals surface area contributed by atoms with Crippen LogP contribution < -0.4 is 10.2 Å². The predicted octanol–water partition coefficient (Wildman–Crippen LogP) is 1.36. The number of anilines is 1. The maximum Gasteiger partial charge on any atom is 0.225 e. The molecule has 2 saturated heterocycles. The van der Waals surface area contributed by atoms with Crippen molar-refractivity contribution in [3.8, 4) is 0 Å². The minimum Gasteiger partial charge on any atom is -0.339 e. The Balaban J connectivity index is 0.00000132. The number of halogens is 2. The van der Waals surface area contributed by atoms with Gasteiger partial charge in [0.15, 0.2) is 0 Å². The molecule has 0 radical (unpaired) electrons. The molecule has 2 fully saturated rings. The highest BCUT2D eigenvalue weighted by Gasteiger charge is 2.25. The molecule has 0 aromatic carbocycles. The van der Waals surface area contributed by atoms with Crippen LogP contribution >= 0.6 is 24.8 Å². The van der Waals surface area contributed by atoms with Gasteiger partial charge in [-0.25, -0.2) is 9.97 Å². The lowest BCUT2D eigenvalue weighted by atomic mass is 9.94. The minimum atomic E-state index is 0. The first-order chi connectivity index (χ1) is 10.3. The first kappa shape index (κ1) is 19.9. The summed E-state index contributed by atoms with van der Waals surface area (Å²) in [4.78, 5) is 25.1. The second-order valence-corrected chi connectivity index (χ2v) is 5.81. The number of carbonyl (C=O) groups excluding carboxylic acids is 1. The van der Waals surface area contributed by atoms with Crippen molar-refractivity contribution in [1.29, 1.82) is 0 Å². The van der Waals surface area contributed by atoms with E-state index < -0.39 is 0 Å². The van der Waals surface area contributed by atoms with E-state index in [0.29, 0.717) is 18.2 Å². The average Bonchev–Trinajstić information content (AvgIpc) is 2.57. The summed E-state index contributed by atoms with van der Waals surface area (Å²) >= 11 is 0. The summed E-state index contributed by atoms with van der Waals surface area (Å²) in [7, 11) is 0. The molecule has 8 heteroatoms. The van der Waals surface area contributed by atoms with Crippen LogP contribution in [-0.4, -0.2) is 60.0 Å². The van der Waals surface area contributed by atoms with Crippen molar-refractivity contribution >= 4 is 36.7 Å². The number of rotatable bonds is 3. The van der Waals surface area contributed by atoms with Gasteiger partial charge in [0.2, 0.25) is 11.9 Å². The number of hydrogen-bond acceptors (Lipinski definition) is 5. The van der Waals surface area contributed by atoms with Gasteiger partial charge in [-0.15, -0.1) is 24.8 Å². The largest absolute Gasteiger partial charge is 0.339 e. The van der Waals surface area contributed by atoms with Crippen molar-refractivity contribution < 1.29 is 4.79 Å². The van der Waals surface area contributed by atoms with Crippen LogP contribution in [0.1, 0.15) is 19.3 Å². The number of piperidine rings is 1. The number of piperazine rings is 1. The summed E-state index contributed by atoms with van der Waals surface area (Å²) in [6.07, 6.45) is 6.49. The molecular formula is C15H25Cl2N5O. The molecule has 3 rings (SSSR count). The van der Waals surface area contributed by atoms with Gasteiger partial charge in [0.25, 0.3) is 0 Å². The van der Waals surface area contributed by atoms with Gasteiger partial charge in [-0.2, -0.15) is 0 Å². The van der Waals surface area contributed by atoms with Crippen LogP contribution in [0.25, 0.3) is 0 Å². The van der Waals surface area contributed by atoms with E-state index in [1.165, 1.54) is 0 Å². The van der Waals surface area contributed by atoms with Crippen molar-refractivity contribution in [1.82, 2.24) is 20.2 Å². The Morgan fingerprint density at radius 3 is 2.30 bits per heavy atom. The van der Waals surface area contributed by atoms with Gasteiger partial charge in [0, 0.05) is 45.0 Å². The standard InChI is InChI=1S/C15H23N5O.2ClH/c21-14(12-13-2-6-16-7-3-13)19-8-10-20(11-9-19)15-17-4-1-5-18-15;;/h1,4-5,13,16H,2-3,6-12H2;2*1H. The van der Waals surface area contributed by atoms with E-state index in [-0.39, 0.29) is 24.8 Å². The van der Waals surface area contributed by atoms with Crippen LogP contribution in [0.2, 0.25) is 0 Å². The van der Waals surface area contributed by atoms with Crippen molar-refractivity contribution in [2.75, 3.05) is 44.2 Å². The summed E-state index contributed by atoms with van der Waals surface area (Å²) in [6.45, 7) is 5.31. The fraction of sp³-hybridized carbons (Fsp3) is 0.667. The fourth-order valence-corrected chi connectivity index (χ4v) is 3.07. The van der Waals surface area contributed by atoms with Gasteiger partial charge in [0.05, 0.1) is 0 Å². The van der Waals surface area contributed by atoms with Crippen LogP contribution in [-0.2, 0) is 4.79 Å². The van der Waals surface area contributed by atoms with Gasteiger partial charge in [0.1, 0.15) is 0 Å². The lowest BCUT2D eigenvalue weighted by molar-refractivity contribution is -0.132. The van der Waals surface area contributed by atoms with Gasteiger partial charge < -0.3 is 15.1 Å². The molecule has 1 amide bonds. The van der Waals surface area contributed by atoms with E-state index in [1.807, 2.05) is 11.0 Å². The summed E-state index contributed by atoms with van der Waals surface area (Å²) in [6, 6.07) is 1.82. The van der Waals surface area contributed by atoms with E-state index >= 15 is 0 Å². The number of carbonyl (C=O) groups is 1. The predicted molar refractivity (Wildman–Crippen MR) is 95.5 cm³/mol. The van der Waals surface area contributed by atoms with E-state index in [1.54, 1.807) is 12.4 Å². The van der Waals surface area contributed by atoms with E-state index in [2.05, 4.69) is 20.2 Å². The SMILES string of the molecule is Cl.Cl.O=C(CC1CCNCC1)N1CCN(c2ncccn2)CC1. The Labute approximate surface area is 149 Å². The summed E-state index contributed by atoms with van der Waals surface area (Å²) in [5.74, 6) is 1.65.